The highest BCUT2D eigenvalue weighted by molar-refractivity contribution is 7.15. The molecule has 0 spiro atoms. The van der Waals surface area contributed by atoms with E-state index in [0.29, 0.717) is 6.04 Å². The number of anilines is 1. The van der Waals surface area contributed by atoms with E-state index in [1.165, 1.54) is 4.88 Å². The smallest absolute Gasteiger partial charge is 0.183 e. The Morgan fingerprint density at radius 3 is 2.71 bits per heavy atom. The summed E-state index contributed by atoms with van der Waals surface area (Å²) in [5.74, 6) is 0. The summed E-state index contributed by atoms with van der Waals surface area (Å²) in [6.45, 7) is 7.16. The van der Waals surface area contributed by atoms with Crippen molar-refractivity contribution in [3.05, 3.63) is 10.6 Å². The first-order valence-corrected chi connectivity index (χ1v) is 5.88. The third-order valence-corrected chi connectivity index (χ3v) is 3.37. The Labute approximate surface area is 89.7 Å². The number of nitrogens with two attached hydrogens (primary N) is 1. The normalized spacial score (nSPS) is 12.9. The van der Waals surface area contributed by atoms with Crippen molar-refractivity contribution in [2.75, 3.05) is 11.9 Å². The molecule has 0 aliphatic heterocycles. The first-order chi connectivity index (χ1) is 6.63. The van der Waals surface area contributed by atoms with Crippen LogP contribution in [0.1, 0.15) is 30.3 Å². The molecule has 1 atom stereocenters. The van der Waals surface area contributed by atoms with Crippen LogP contribution in [0.25, 0.3) is 0 Å². The molecule has 0 aromatic carbocycles. The van der Waals surface area contributed by atoms with Crippen molar-refractivity contribution in [2.24, 2.45) is 5.73 Å². The predicted molar refractivity (Wildman–Crippen MR) is 63.0 cm³/mol. The molecule has 0 radical (unpaired) electrons. The predicted octanol–water partition coefficient (Wildman–Crippen LogP) is 2.30. The Balaban J connectivity index is 2.31. The molecule has 0 fully saturated rings. The molecular weight excluding hydrogens is 194 g/mol. The van der Waals surface area contributed by atoms with Gasteiger partial charge in [-0.15, -0.1) is 11.3 Å². The minimum atomic E-state index is 0.310. The van der Waals surface area contributed by atoms with Gasteiger partial charge in [0.2, 0.25) is 0 Å². The minimum absolute atomic E-state index is 0.310. The van der Waals surface area contributed by atoms with Gasteiger partial charge < -0.3 is 11.1 Å². The maximum atomic E-state index is 5.82. The van der Waals surface area contributed by atoms with Crippen molar-refractivity contribution in [2.45, 2.75) is 39.7 Å². The topological polar surface area (TPSA) is 50.9 Å². The number of thiazole rings is 1. The van der Waals surface area contributed by atoms with E-state index in [9.17, 15) is 0 Å². The lowest BCUT2D eigenvalue weighted by Crippen LogP contribution is -2.22. The molecule has 1 heterocycles. The Bertz CT molecular complexity index is 263. The van der Waals surface area contributed by atoms with Gasteiger partial charge >= 0.3 is 0 Å². The summed E-state index contributed by atoms with van der Waals surface area (Å²) in [5.41, 5.74) is 6.94. The molecule has 0 aliphatic rings. The van der Waals surface area contributed by atoms with E-state index < -0.39 is 0 Å². The van der Waals surface area contributed by atoms with Crippen molar-refractivity contribution >= 4 is 16.5 Å². The SMILES string of the molecule is CCC(N)CCNc1nc(C)c(C)s1. The van der Waals surface area contributed by atoms with Crippen LogP contribution >= 0.6 is 11.3 Å². The number of nitrogens with zero attached hydrogens (tertiary/aromatic N) is 1. The minimum Gasteiger partial charge on any atom is -0.361 e. The fourth-order valence-corrected chi connectivity index (χ4v) is 1.96. The second-order valence-corrected chi connectivity index (χ2v) is 4.75. The van der Waals surface area contributed by atoms with Gasteiger partial charge in [0.15, 0.2) is 5.13 Å². The summed E-state index contributed by atoms with van der Waals surface area (Å²) in [5, 5.41) is 4.32. The van der Waals surface area contributed by atoms with Gasteiger partial charge in [-0.25, -0.2) is 4.98 Å². The van der Waals surface area contributed by atoms with Gasteiger partial charge in [-0.1, -0.05) is 6.92 Å². The second kappa shape index (κ2) is 5.32. The Morgan fingerprint density at radius 2 is 2.21 bits per heavy atom. The number of aromatic nitrogens is 1. The lowest BCUT2D eigenvalue weighted by molar-refractivity contribution is 0.613. The maximum absolute atomic E-state index is 5.82. The van der Waals surface area contributed by atoms with Crippen LogP contribution in [0.2, 0.25) is 0 Å². The quantitative estimate of drug-likeness (QED) is 0.789. The molecule has 0 amide bonds. The van der Waals surface area contributed by atoms with Crippen molar-refractivity contribution in [3.8, 4) is 0 Å². The van der Waals surface area contributed by atoms with Gasteiger partial charge in [-0.2, -0.15) is 0 Å². The highest BCUT2D eigenvalue weighted by Gasteiger charge is 2.03. The number of hydrogen-bond acceptors (Lipinski definition) is 4. The number of rotatable bonds is 5. The molecule has 0 aliphatic carbocycles. The molecule has 0 saturated heterocycles. The standard InChI is InChI=1S/C10H19N3S/c1-4-9(11)5-6-12-10-13-7(2)8(3)14-10/h9H,4-6,11H2,1-3H3,(H,12,13). The van der Waals surface area contributed by atoms with Gasteiger partial charge in [0, 0.05) is 17.5 Å². The van der Waals surface area contributed by atoms with Crippen molar-refractivity contribution in [3.63, 3.8) is 0 Å². The molecule has 0 bridgehead atoms. The zero-order chi connectivity index (χ0) is 10.6. The van der Waals surface area contributed by atoms with Gasteiger partial charge in [0.05, 0.1) is 5.69 Å². The third kappa shape index (κ3) is 3.27. The fraction of sp³-hybridized carbons (Fsp3) is 0.700. The summed E-state index contributed by atoms with van der Waals surface area (Å²) >= 11 is 1.71. The summed E-state index contributed by atoms with van der Waals surface area (Å²) in [6, 6.07) is 0.310. The highest BCUT2D eigenvalue weighted by Crippen LogP contribution is 2.20. The summed E-state index contributed by atoms with van der Waals surface area (Å²) in [7, 11) is 0. The molecular formula is C10H19N3S. The molecule has 0 saturated carbocycles. The zero-order valence-corrected chi connectivity index (χ0v) is 9.95. The van der Waals surface area contributed by atoms with Gasteiger partial charge in [-0.05, 0) is 26.7 Å². The summed E-state index contributed by atoms with van der Waals surface area (Å²) in [4.78, 5) is 5.68. The number of aryl methyl sites for hydroxylation is 2. The van der Waals surface area contributed by atoms with E-state index in [0.717, 1.165) is 30.2 Å². The lowest BCUT2D eigenvalue weighted by atomic mass is 10.2. The molecule has 4 heteroatoms. The fourth-order valence-electron chi connectivity index (χ4n) is 1.12. The molecule has 3 nitrogen and oxygen atoms in total. The number of nitrogens with one attached hydrogen (secondary N) is 1. The average Bonchev–Trinajstić information content (AvgIpc) is 2.46. The van der Waals surface area contributed by atoms with Crippen LogP contribution in [0, 0.1) is 13.8 Å². The molecule has 80 valence electrons. The monoisotopic (exact) mass is 213 g/mol. The lowest BCUT2D eigenvalue weighted by Gasteiger charge is -2.08. The van der Waals surface area contributed by atoms with Crippen molar-refractivity contribution in [1.82, 2.24) is 4.98 Å². The number of hydrogen-bond donors (Lipinski definition) is 2. The van der Waals surface area contributed by atoms with Crippen LogP contribution < -0.4 is 11.1 Å². The highest BCUT2D eigenvalue weighted by atomic mass is 32.1. The van der Waals surface area contributed by atoms with E-state index in [1.807, 2.05) is 6.92 Å². The van der Waals surface area contributed by atoms with Gasteiger partial charge in [-0.3, -0.25) is 0 Å². The molecule has 1 aromatic rings. The van der Waals surface area contributed by atoms with E-state index in [-0.39, 0.29) is 0 Å². The van der Waals surface area contributed by atoms with Crippen LogP contribution in [-0.4, -0.2) is 17.6 Å². The van der Waals surface area contributed by atoms with Crippen LogP contribution in [-0.2, 0) is 0 Å². The van der Waals surface area contributed by atoms with E-state index >= 15 is 0 Å². The van der Waals surface area contributed by atoms with Crippen LogP contribution in [0.3, 0.4) is 0 Å². The van der Waals surface area contributed by atoms with Crippen LogP contribution in [0.4, 0.5) is 5.13 Å². The largest absolute Gasteiger partial charge is 0.361 e. The Kier molecular flexibility index (Phi) is 4.35. The summed E-state index contributed by atoms with van der Waals surface area (Å²) in [6.07, 6.45) is 2.05. The molecule has 1 aromatic heterocycles. The van der Waals surface area contributed by atoms with Crippen LogP contribution in [0.15, 0.2) is 0 Å². The molecule has 3 N–H and O–H groups in total. The molecule has 1 rings (SSSR count). The second-order valence-electron chi connectivity index (χ2n) is 3.54. The zero-order valence-electron chi connectivity index (χ0n) is 9.13. The summed E-state index contributed by atoms with van der Waals surface area (Å²) < 4.78 is 0. The molecule has 14 heavy (non-hydrogen) atoms. The van der Waals surface area contributed by atoms with E-state index in [2.05, 4.69) is 24.1 Å². The average molecular weight is 213 g/mol. The van der Waals surface area contributed by atoms with E-state index in [4.69, 9.17) is 5.73 Å². The van der Waals surface area contributed by atoms with Crippen molar-refractivity contribution < 1.29 is 0 Å². The third-order valence-electron chi connectivity index (χ3n) is 2.34. The molecule has 1 unspecified atom stereocenters. The van der Waals surface area contributed by atoms with Gasteiger partial charge in [0.25, 0.3) is 0 Å². The van der Waals surface area contributed by atoms with E-state index in [1.54, 1.807) is 11.3 Å². The van der Waals surface area contributed by atoms with Gasteiger partial charge in [0.1, 0.15) is 0 Å². The van der Waals surface area contributed by atoms with Crippen molar-refractivity contribution in [1.29, 1.82) is 0 Å². The first kappa shape index (κ1) is 11.5. The Morgan fingerprint density at radius 1 is 1.50 bits per heavy atom. The first-order valence-electron chi connectivity index (χ1n) is 5.07. The van der Waals surface area contributed by atoms with Crippen LogP contribution in [0.5, 0.6) is 0 Å². The Hall–Kier alpha value is -0.610. The maximum Gasteiger partial charge on any atom is 0.183 e.